The van der Waals surface area contributed by atoms with E-state index in [1.54, 1.807) is 0 Å². The van der Waals surface area contributed by atoms with Gasteiger partial charge in [0.15, 0.2) is 5.79 Å². The molecule has 124 valence electrons. The summed E-state index contributed by atoms with van der Waals surface area (Å²) in [5.74, 6) is 0.653. The SMILES string of the molecule is ClCC1(CCl)COC2(CCCCCCCCCCC2)OC1. The molecule has 0 atom stereocenters. The van der Waals surface area contributed by atoms with Crippen molar-refractivity contribution in [1.29, 1.82) is 0 Å². The fourth-order valence-electron chi connectivity index (χ4n) is 3.28. The molecule has 0 amide bonds. The predicted molar refractivity (Wildman–Crippen MR) is 89.3 cm³/mol. The lowest BCUT2D eigenvalue weighted by Crippen LogP contribution is -2.51. The number of hydrogen-bond acceptors (Lipinski definition) is 2. The number of ether oxygens (including phenoxy) is 2. The van der Waals surface area contributed by atoms with Gasteiger partial charge < -0.3 is 9.47 Å². The molecule has 1 spiro atoms. The molecule has 1 heterocycles. The minimum absolute atomic E-state index is 0.196. The highest BCUT2D eigenvalue weighted by atomic mass is 35.5. The van der Waals surface area contributed by atoms with Crippen molar-refractivity contribution in [3.8, 4) is 0 Å². The maximum atomic E-state index is 6.22. The Morgan fingerprint density at radius 3 is 1.38 bits per heavy atom. The molecule has 2 nitrogen and oxygen atoms in total. The molecule has 0 aromatic rings. The highest BCUT2D eigenvalue weighted by Gasteiger charge is 2.43. The minimum Gasteiger partial charge on any atom is -0.349 e. The van der Waals surface area contributed by atoms with E-state index < -0.39 is 0 Å². The molecule has 0 aromatic carbocycles. The van der Waals surface area contributed by atoms with Crippen molar-refractivity contribution in [1.82, 2.24) is 0 Å². The second-order valence-electron chi connectivity index (χ2n) is 6.94. The van der Waals surface area contributed by atoms with Crippen molar-refractivity contribution < 1.29 is 9.47 Å². The number of rotatable bonds is 2. The van der Waals surface area contributed by atoms with Crippen LogP contribution >= 0.6 is 23.2 Å². The van der Waals surface area contributed by atoms with Crippen molar-refractivity contribution in [3.63, 3.8) is 0 Å². The summed E-state index contributed by atoms with van der Waals surface area (Å²) in [5.41, 5.74) is -0.196. The summed E-state index contributed by atoms with van der Waals surface area (Å²) >= 11 is 12.1. The van der Waals surface area contributed by atoms with Crippen LogP contribution in [0.15, 0.2) is 0 Å². The largest absolute Gasteiger partial charge is 0.349 e. The highest BCUT2D eigenvalue weighted by Crippen LogP contribution is 2.38. The van der Waals surface area contributed by atoms with Crippen molar-refractivity contribution in [2.24, 2.45) is 5.41 Å². The molecule has 1 aliphatic carbocycles. The van der Waals surface area contributed by atoms with Gasteiger partial charge in [0.1, 0.15) is 0 Å². The molecule has 0 unspecified atom stereocenters. The van der Waals surface area contributed by atoms with Gasteiger partial charge in [0.05, 0.1) is 13.2 Å². The van der Waals surface area contributed by atoms with Crippen LogP contribution in [0, 0.1) is 5.41 Å². The Morgan fingerprint density at radius 1 is 0.619 bits per heavy atom. The summed E-state index contributed by atoms with van der Waals surface area (Å²) in [5, 5.41) is 0. The first-order valence-electron chi connectivity index (χ1n) is 8.64. The van der Waals surface area contributed by atoms with Crippen LogP contribution in [0.1, 0.15) is 70.6 Å². The Balaban J connectivity index is 1.90. The zero-order chi connectivity index (χ0) is 15.0. The van der Waals surface area contributed by atoms with E-state index in [9.17, 15) is 0 Å². The lowest BCUT2D eigenvalue weighted by atomic mass is 9.91. The monoisotopic (exact) mass is 336 g/mol. The standard InChI is InChI=1S/C17H30Cl2O2/c18-12-16(13-19)14-20-17(21-15-16)10-8-6-4-2-1-3-5-7-9-11-17/h1-15H2. The van der Waals surface area contributed by atoms with Crippen LogP contribution in [0.2, 0.25) is 0 Å². The summed E-state index contributed by atoms with van der Waals surface area (Å²) in [4.78, 5) is 0. The third kappa shape index (κ3) is 5.27. The summed E-state index contributed by atoms with van der Waals surface area (Å²) in [6, 6.07) is 0. The Hall–Kier alpha value is 0.500. The molecule has 1 saturated heterocycles. The number of hydrogen-bond donors (Lipinski definition) is 0. The van der Waals surface area contributed by atoms with E-state index in [1.807, 2.05) is 0 Å². The van der Waals surface area contributed by atoms with Crippen LogP contribution in [-0.4, -0.2) is 30.8 Å². The molecule has 0 bridgehead atoms. The summed E-state index contributed by atoms with van der Waals surface area (Å²) in [6.07, 6.45) is 13.9. The average Bonchev–Trinajstić information content (AvgIpc) is 2.52. The van der Waals surface area contributed by atoms with Gasteiger partial charge in [-0.2, -0.15) is 0 Å². The molecular weight excluding hydrogens is 307 g/mol. The van der Waals surface area contributed by atoms with E-state index in [0.717, 1.165) is 12.8 Å². The van der Waals surface area contributed by atoms with Crippen LogP contribution in [0.25, 0.3) is 0 Å². The van der Waals surface area contributed by atoms with Gasteiger partial charge in [-0.1, -0.05) is 44.9 Å². The van der Waals surface area contributed by atoms with Crippen molar-refractivity contribution >= 4 is 23.2 Å². The van der Waals surface area contributed by atoms with Crippen LogP contribution in [0.4, 0.5) is 0 Å². The highest BCUT2D eigenvalue weighted by molar-refractivity contribution is 6.21. The predicted octanol–water partition coefficient (Wildman–Crippen LogP) is 5.50. The quantitative estimate of drug-likeness (QED) is 0.620. The van der Waals surface area contributed by atoms with E-state index in [2.05, 4.69) is 0 Å². The maximum absolute atomic E-state index is 6.22. The van der Waals surface area contributed by atoms with Gasteiger partial charge in [0.2, 0.25) is 0 Å². The molecule has 2 rings (SSSR count). The van der Waals surface area contributed by atoms with Crippen LogP contribution in [0.5, 0.6) is 0 Å². The molecule has 1 aliphatic heterocycles. The molecule has 0 radical (unpaired) electrons. The van der Waals surface area contributed by atoms with Gasteiger partial charge in [0.25, 0.3) is 0 Å². The first-order valence-corrected chi connectivity index (χ1v) is 9.71. The average molecular weight is 337 g/mol. The lowest BCUT2D eigenvalue weighted by Gasteiger charge is -2.45. The van der Waals surface area contributed by atoms with E-state index in [-0.39, 0.29) is 11.2 Å². The second-order valence-corrected chi connectivity index (χ2v) is 7.47. The molecule has 21 heavy (non-hydrogen) atoms. The Morgan fingerprint density at radius 2 is 1.00 bits per heavy atom. The van der Waals surface area contributed by atoms with Gasteiger partial charge >= 0.3 is 0 Å². The topological polar surface area (TPSA) is 18.5 Å². The Bertz CT molecular complexity index is 269. The van der Waals surface area contributed by atoms with Crippen molar-refractivity contribution in [2.75, 3.05) is 25.0 Å². The van der Waals surface area contributed by atoms with E-state index in [4.69, 9.17) is 32.7 Å². The third-order valence-corrected chi connectivity index (χ3v) is 6.10. The molecule has 0 N–H and O–H groups in total. The zero-order valence-corrected chi connectivity index (χ0v) is 14.7. The smallest absolute Gasteiger partial charge is 0.168 e. The van der Waals surface area contributed by atoms with Crippen LogP contribution < -0.4 is 0 Å². The summed E-state index contributed by atoms with van der Waals surface area (Å²) in [6.45, 7) is 1.28. The van der Waals surface area contributed by atoms with Crippen molar-refractivity contribution in [2.45, 2.75) is 76.4 Å². The molecule has 4 heteroatoms. The van der Waals surface area contributed by atoms with E-state index >= 15 is 0 Å². The molecule has 2 aliphatic rings. The molecule has 1 saturated carbocycles. The van der Waals surface area contributed by atoms with Crippen molar-refractivity contribution in [3.05, 3.63) is 0 Å². The third-order valence-electron chi connectivity index (χ3n) is 4.97. The minimum atomic E-state index is -0.360. The lowest BCUT2D eigenvalue weighted by molar-refractivity contribution is -0.304. The van der Waals surface area contributed by atoms with Gasteiger partial charge in [-0.15, -0.1) is 23.2 Å². The first kappa shape index (κ1) is 17.8. The normalized spacial score (nSPS) is 27.7. The molecular formula is C17H30Cl2O2. The fraction of sp³-hybridized carbons (Fsp3) is 1.00. The second kappa shape index (κ2) is 8.96. The number of halogens is 2. The van der Waals surface area contributed by atoms with Gasteiger partial charge in [-0.05, 0) is 12.8 Å². The van der Waals surface area contributed by atoms with Crippen LogP contribution in [0.3, 0.4) is 0 Å². The van der Waals surface area contributed by atoms with Gasteiger partial charge in [0, 0.05) is 30.0 Å². The zero-order valence-electron chi connectivity index (χ0n) is 13.2. The Kier molecular flexibility index (Phi) is 7.61. The fourth-order valence-corrected chi connectivity index (χ4v) is 3.88. The summed E-state index contributed by atoms with van der Waals surface area (Å²) in [7, 11) is 0. The molecule has 2 fully saturated rings. The first-order chi connectivity index (χ1) is 10.2. The number of alkyl halides is 2. The summed E-state index contributed by atoms with van der Waals surface area (Å²) < 4.78 is 12.4. The van der Waals surface area contributed by atoms with E-state index in [0.29, 0.717) is 25.0 Å². The van der Waals surface area contributed by atoms with E-state index in [1.165, 1.54) is 57.8 Å². The van der Waals surface area contributed by atoms with Gasteiger partial charge in [-0.25, -0.2) is 0 Å². The maximum Gasteiger partial charge on any atom is 0.168 e. The Labute approximate surface area is 139 Å². The van der Waals surface area contributed by atoms with Crippen LogP contribution in [-0.2, 0) is 9.47 Å². The van der Waals surface area contributed by atoms with Gasteiger partial charge in [-0.3, -0.25) is 0 Å². The molecule has 0 aromatic heterocycles.